The summed E-state index contributed by atoms with van der Waals surface area (Å²) in [6.07, 6.45) is 0. The Labute approximate surface area is 126 Å². The Bertz CT molecular complexity index is 474. The van der Waals surface area contributed by atoms with E-state index in [0.717, 1.165) is 0 Å². The van der Waals surface area contributed by atoms with Gasteiger partial charge < -0.3 is 15.2 Å². The summed E-state index contributed by atoms with van der Waals surface area (Å²) in [7, 11) is 0. The molecule has 2 N–H and O–H groups in total. The molecule has 0 saturated heterocycles. The molecule has 106 valence electrons. The van der Waals surface area contributed by atoms with Crippen LogP contribution in [0.1, 0.15) is 26.3 Å². The first-order valence-corrected chi connectivity index (χ1v) is 6.97. The summed E-state index contributed by atoms with van der Waals surface area (Å²) in [5, 5.41) is 0. The molecule has 1 aromatic rings. The second-order valence-corrected chi connectivity index (χ2v) is 6.15. The fourth-order valence-corrected chi connectivity index (χ4v) is 2.18. The predicted molar refractivity (Wildman–Crippen MR) is 81.2 cm³/mol. The molecule has 0 saturated carbocycles. The Morgan fingerprint density at radius 3 is 2.53 bits per heavy atom. The van der Waals surface area contributed by atoms with Crippen LogP contribution in [0, 0.1) is 5.82 Å². The maximum absolute atomic E-state index is 14.0. The molecule has 0 bridgehead atoms. The molecular weight excluding hydrogens is 333 g/mol. The Kier molecular flexibility index (Phi) is 5.70. The number of thiocarbonyl (C=S) groups is 1. The number of benzene rings is 1. The highest BCUT2D eigenvalue weighted by atomic mass is 79.9. The lowest BCUT2D eigenvalue weighted by Gasteiger charge is -2.19. The molecule has 19 heavy (non-hydrogen) atoms. The van der Waals surface area contributed by atoms with Crippen molar-refractivity contribution in [1.82, 2.24) is 0 Å². The van der Waals surface area contributed by atoms with Crippen LogP contribution in [0.25, 0.3) is 0 Å². The average molecular weight is 350 g/mol. The number of rotatable bonds is 5. The standard InChI is InChI=1S/C13H17BrFNO2S/c1-13(2,3)18-7-6-17-9-5-4-8(12(16)19)10(14)11(9)15/h4-5H,6-7H2,1-3H3,(H2,16,19). The molecule has 1 aromatic carbocycles. The van der Waals surface area contributed by atoms with Crippen LogP contribution in [0.3, 0.4) is 0 Å². The van der Waals surface area contributed by atoms with Crippen molar-refractivity contribution in [2.45, 2.75) is 26.4 Å². The Morgan fingerprint density at radius 2 is 2.00 bits per heavy atom. The smallest absolute Gasteiger partial charge is 0.179 e. The summed E-state index contributed by atoms with van der Waals surface area (Å²) < 4.78 is 25.0. The van der Waals surface area contributed by atoms with Gasteiger partial charge >= 0.3 is 0 Å². The second kappa shape index (κ2) is 6.63. The van der Waals surface area contributed by atoms with Crippen molar-refractivity contribution >= 4 is 33.1 Å². The molecule has 3 nitrogen and oxygen atoms in total. The molecule has 0 spiro atoms. The fourth-order valence-electron chi connectivity index (χ4n) is 1.33. The van der Waals surface area contributed by atoms with Crippen molar-refractivity contribution in [3.8, 4) is 5.75 Å². The summed E-state index contributed by atoms with van der Waals surface area (Å²) in [6.45, 7) is 6.49. The summed E-state index contributed by atoms with van der Waals surface area (Å²) >= 11 is 7.94. The van der Waals surface area contributed by atoms with E-state index in [1.165, 1.54) is 6.07 Å². The highest BCUT2D eigenvalue weighted by Gasteiger charge is 2.14. The highest BCUT2D eigenvalue weighted by molar-refractivity contribution is 9.10. The molecule has 0 aliphatic carbocycles. The molecule has 0 unspecified atom stereocenters. The van der Waals surface area contributed by atoms with Gasteiger partial charge in [-0.2, -0.15) is 0 Å². The van der Waals surface area contributed by atoms with Crippen LogP contribution in [0.4, 0.5) is 4.39 Å². The van der Waals surface area contributed by atoms with Crippen LogP contribution < -0.4 is 10.5 Å². The molecular formula is C13H17BrFNO2S. The van der Waals surface area contributed by atoms with E-state index < -0.39 is 5.82 Å². The van der Waals surface area contributed by atoms with Gasteiger partial charge in [0.2, 0.25) is 0 Å². The van der Waals surface area contributed by atoms with Gasteiger partial charge in [-0.05, 0) is 48.8 Å². The van der Waals surface area contributed by atoms with Crippen molar-refractivity contribution in [2.75, 3.05) is 13.2 Å². The SMILES string of the molecule is CC(C)(C)OCCOc1ccc(C(N)=S)c(Br)c1F. The first kappa shape index (κ1) is 16.3. The van der Waals surface area contributed by atoms with Gasteiger partial charge in [0.15, 0.2) is 11.6 Å². The van der Waals surface area contributed by atoms with Crippen molar-refractivity contribution in [2.24, 2.45) is 5.73 Å². The summed E-state index contributed by atoms with van der Waals surface area (Å²) in [6, 6.07) is 3.13. The molecule has 6 heteroatoms. The lowest BCUT2D eigenvalue weighted by Crippen LogP contribution is -2.22. The van der Waals surface area contributed by atoms with Gasteiger partial charge in [0, 0.05) is 5.56 Å². The van der Waals surface area contributed by atoms with Crippen molar-refractivity contribution in [3.63, 3.8) is 0 Å². The third kappa shape index (κ3) is 5.04. The lowest BCUT2D eigenvalue weighted by molar-refractivity contribution is -0.0166. The van der Waals surface area contributed by atoms with Gasteiger partial charge in [0.1, 0.15) is 11.6 Å². The largest absolute Gasteiger partial charge is 0.488 e. The molecule has 0 aliphatic heterocycles. The van der Waals surface area contributed by atoms with E-state index in [-0.39, 0.29) is 27.4 Å². The fraction of sp³-hybridized carbons (Fsp3) is 0.462. The number of halogens is 2. The van der Waals surface area contributed by atoms with Gasteiger partial charge in [0.25, 0.3) is 0 Å². The van der Waals surface area contributed by atoms with E-state index in [0.29, 0.717) is 12.2 Å². The van der Waals surface area contributed by atoms with Crippen molar-refractivity contribution in [3.05, 3.63) is 28.0 Å². The van der Waals surface area contributed by atoms with Gasteiger partial charge in [0.05, 0.1) is 16.7 Å². The van der Waals surface area contributed by atoms with Crippen LogP contribution in [-0.4, -0.2) is 23.8 Å². The van der Waals surface area contributed by atoms with E-state index in [1.807, 2.05) is 20.8 Å². The number of hydrogen-bond acceptors (Lipinski definition) is 3. The molecule has 0 amide bonds. The van der Waals surface area contributed by atoms with Crippen molar-refractivity contribution in [1.29, 1.82) is 0 Å². The summed E-state index contributed by atoms with van der Waals surface area (Å²) in [4.78, 5) is 0.133. The highest BCUT2D eigenvalue weighted by Crippen LogP contribution is 2.28. The molecule has 0 atom stereocenters. The van der Waals surface area contributed by atoms with Crippen LogP contribution in [-0.2, 0) is 4.74 Å². The molecule has 0 fully saturated rings. The second-order valence-electron chi connectivity index (χ2n) is 4.91. The van der Waals surface area contributed by atoms with E-state index >= 15 is 0 Å². The Balaban J connectivity index is 2.66. The molecule has 0 aromatic heterocycles. The Hall–Kier alpha value is -0.720. The number of ether oxygens (including phenoxy) is 2. The third-order valence-electron chi connectivity index (χ3n) is 2.19. The van der Waals surface area contributed by atoms with Crippen LogP contribution in [0.2, 0.25) is 0 Å². The zero-order chi connectivity index (χ0) is 14.6. The lowest BCUT2D eigenvalue weighted by atomic mass is 10.2. The normalized spacial score (nSPS) is 11.4. The first-order chi connectivity index (χ1) is 8.72. The van der Waals surface area contributed by atoms with Gasteiger partial charge in [-0.1, -0.05) is 12.2 Å². The molecule has 0 aliphatic rings. The third-order valence-corrected chi connectivity index (χ3v) is 3.18. The van der Waals surface area contributed by atoms with E-state index in [9.17, 15) is 4.39 Å². The van der Waals surface area contributed by atoms with E-state index in [4.69, 9.17) is 27.4 Å². The molecule has 1 rings (SSSR count). The van der Waals surface area contributed by atoms with Crippen LogP contribution >= 0.6 is 28.1 Å². The molecule has 0 heterocycles. The first-order valence-electron chi connectivity index (χ1n) is 5.77. The summed E-state index contributed by atoms with van der Waals surface area (Å²) in [5.41, 5.74) is 5.69. The van der Waals surface area contributed by atoms with Gasteiger partial charge in [-0.25, -0.2) is 4.39 Å². The molecule has 0 radical (unpaired) electrons. The zero-order valence-electron chi connectivity index (χ0n) is 11.1. The number of hydrogen-bond donors (Lipinski definition) is 1. The van der Waals surface area contributed by atoms with Gasteiger partial charge in [-0.3, -0.25) is 0 Å². The van der Waals surface area contributed by atoms with Gasteiger partial charge in [-0.15, -0.1) is 0 Å². The quantitative estimate of drug-likeness (QED) is 0.653. The van der Waals surface area contributed by atoms with Crippen molar-refractivity contribution < 1.29 is 13.9 Å². The van der Waals surface area contributed by atoms with E-state index in [2.05, 4.69) is 15.9 Å². The van der Waals surface area contributed by atoms with Crippen LogP contribution in [0.15, 0.2) is 16.6 Å². The minimum Gasteiger partial charge on any atom is -0.488 e. The summed E-state index contributed by atoms with van der Waals surface area (Å²) in [5.74, 6) is -0.370. The van der Waals surface area contributed by atoms with Crippen LogP contribution in [0.5, 0.6) is 5.75 Å². The maximum Gasteiger partial charge on any atom is 0.179 e. The monoisotopic (exact) mass is 349 g/mol. The van der Waals surface area contributed by atoms with E-state index in [1.54, 1.807) is 6.07 Å². The average Bonchev–Trinajstić information content (AvgIpc) is 2.28. The number of nitrogens with two attached hydrogens (primary N) is 1. The maximum atomic E-state index is 14.0. The Morgan fingerprint density at radius 1 is 1.37 bits per heavy atom. The minimum absolute atomic E-state index is 0.133. The topological polar surface area (TPSA) is 44.5 Å². The minimum atomic E-state index is -0.513. The predicted octanol–water partition coefficient (Wildman–Crippen LogP) is 3.42. The zero-order valence-corrected chi connectivity index (χ0v) is 13.5.